The molecule has 2 rings (SSSR count). The van der Waals surface area contributed by atoms with Gasteiger partial charge in [-0.2, -0.15) is 0 Å². The molecule has 1 aromatic carbocycles. The number of pyridine rings is 1. The number of anilines is 1. The zero-order chi connectivity index (χ0) is 14.7. The summed E-state index contributed by atoms with van der Waals surface area (Å²) in [5, 5.41) is 6.65. The van der Waals surface area contributed by atoms with Gasteiger partial charge in [-0.3, -0.25) is 4.98 Å². The normalized spacial score (nSPS) is 11.1. The maximum Gasteiger partial charge on any atom is 0.319 e. The Hall–Kier alpha value is -2.10. The average molecular weight is 275 g/mol. The van der Waals surface area contributed by atoms with Gasteiger partial charge in [0.2, 0.25) is 0 Å². The zero-order valence-electron chi connectivity index (χ0n) is 12.4. The third kappa shape index (κ3) is 3.47. The van der Waals surface area contributed by atoms with Gasteiger partial charge in [-0.15, -0.1) is 0 Å². The number of carbonyl (C=O) groups excluding carboxylic acids is 1. The number of benzene rings is 1. The lowest BCUT2D eigenvalue weighted by atomic mass is 10.1. The van der Waals surface area contributed by atoms with Crippen LogP contribution in [-0.4, -0.2) is 17.1 Å². The number of aromatic nitrogens is 1. The molecule has 0 bridgehead atoms. The second-order valence-electron chi connectivity index (χ2n) is 5.55. The van der Waals surface area contributed by atoms with Gasteiger partial charge in [0.05, 0.1) is 5.52 Å². The highest BCUT2D eigenvalue weighted by atomic mass is 16.2. The van der Waals surface area contributed by atoms with Crippen LogP contribution in [0.25, 0.3) is 10.9 Å². The fraction of sp³-hybridized carbons (Fsp3) is 0.375. The summed E-state index contributed by atoms with van der Waals surface area (Å²) in [5.41, 5.74) is 2.80. The molecule has 0 saturated heterocycles. The number of carbonyl (C=O) groups is 1. The summed E-state index contributed by atoms with van der Waals surface area (Å²) in [6, 6.07) is 9.75. The van der Waals surface area contributed by atoms with Crippen molar-refractivity contribution in [2.24, 2.45) is 0 Å². The van der Waals surface area contributed by atoms with Gasteiger partial charge in [0.25, 0.3) is 0 Å². The van der Waals surface area contributed by atoms with E-state index >= 15 is 0 Å². The van der Waals surface area contributed by atoms with Gasteiger partial charge in [0.15, 0.2) is 0 Å². The number of hydrogen-bond acceptors (Lipinski definition) is 2. The highest BCUT2D eigenvalue weighted by Gasteiger charge is 2.06. The Bertz CT molecular complexity index is 630. The van der Waals surface area contributed by atoms with Crippen LogP contribution in [-0.2, 0) is 0 Å². The van der Waals surface area contributed by atoms with E-state index in [-0.39, 0.29) is 14.9 Å². The number of hydrogen-bond donors (Lipinski definition) is 2. The number of nitrogens with one attached hydrogen (secondary N) is 2. The summed E-state index contributed by atoms with van der Waals surface area (Å²) in [6.45, 7) is 8.11. The Morgan fingerprint density at radius 2 is 1.90 bits per heavy atom. The van der Waals surface area contributed by atoms with E-state index in [0.29, 0.717) is 5.92 Å². The maximum atomic E-state index is 11.7. The molecule has 110 valence electrons. The summed E-state index contributed by atoms with van der Waals surface area (Å²) in [5.74, 6) is 0.411. The van der Waals surface area contributed by atoms with Crippen LogP contribution in [0.4, 0.5) is 10.5 Å². The van der Waals surface area contributed by atoms with Crippen molar-refractivity contribution >= 4 is 22.6 Å². The zero-order valence-corrected chi connectivity index (χ0v) is 12.4. The van der Waals surface area contributed by atoms with E-state index in [2.05, 4.69) is 29.5 Å². The number of rotatable bonds is 3. The summed E-state index contributed by atoms with van der Waals surface area (Å²) < 4.78 is 0. The van der Waals surface area contributed by atoms with Gasteiger partial charge in [-0.25, -0.2) is 4.79 Å². The van der Waals surface area contributed by atoms with E-state index in [0.717, 1.165) is 22.3 Å². The van der Waals surface area contributed by atoms with Gasteiger partial charge in [-0.1, -0.05) is 19.9 Å². The fourth-order valence-corrected chi connectivity index (χ4v) is 1.97. The molecule has 0 aliphatic rings. The summed E-state index contributed by atoms with van der Waals surface area (Å²) in [6.07, 6.45) is 0. The molecule has 1 heterocycles. The fourth-order valence-electron chi connectivity index (χ4n) is 1.97. The third-order valence-corrected chi connectivity index (χ3v) is 2.98. The van der Waals surface area contributed by atoms with Gasteiger partial charge in [0.1, 0.15) is 0 Å². The maximum absolute atomic E-state index is 11.7. The molecule has 20 heavy (non-hydrogen) atoms. The van der Waals surface area contributed by atoms with Gasteiger partial charge >= 0.3 is 6.03 Å². The molecule has 0 saturated carbocycles. The minimum absolute atomic E-state index is 0. The number of amides is 2. The lowest BCUT2D eigenvalue weighted by Crippen LogP contribution is -2.34. The first kappa shape index (κ1) is 14.3. The van der Waals surface area contributed by atoms with E-state index < -0.39 is 0 Å². The van der Waals surface area contributed by atoms with Crippen molar-refractivity contribution in [3.8, 4) is 0 Å². The van der Waals surface area contributed by atoms with Crippen molar-refractivity contribution in [1.29, 1.82) is 0 Å². The molecule has 0 spiro atoms. The first-order valence-corrected chi connectivity index (χ1v) is 6.94. The van der Waals surface area contributed by atoms with Crippen LogP contribution < -0.4 is 10.6 Å². The Labute approximate surface area is 122 Å². The Morgan fingerprint density at radius 1 is 1.15 bits per heavy atom. The monoisotopic (exact) mass is 275 g/mol. The van der Waals surface area contributed by atoms with Crippen molar-refractivity contribution in [3.63, 3.8) is 0 Å². The first-order valence-electron chi connectivity index (χ1n) is 6.94. The highest BCUT2D eigenvalue weighted by Crippen LogP contribution is 2.21. The quantitative estimate of drug-likeness (QED) is 0.873. The Balaban J connectivity index is 0.00000220. The van der Waals surface area contributed by atoms with Crippen LogP contribution >= 0.6 is 0 Å². The van der Waals surface area contributed by atoms with E-state index in [1.807, 2.05) is 44.2 Å². The van der Waals surface area contributed by atoms with E-state index in [1.54, 1.807) is 0 Å². The molecule has 4 heteroatoms. The molecule has 4 nitrogen and oxygen atoms in total. The lowest BCUT2D eigenvalue weighted by Gasteiger charge is -2.11. The molecule has 0 aliphatic heterocycles. The molecule has 0 unspecified atom stereocenters. The second kappa shape index (κ2) is 5.90. The van der Waals surface area contributed by atoms with Crippen LogP contribution in [0.3, 0.4) is 0 Å². The second-order valence-corrected chi connectivity index (χ2v) is 5.55. The molecular weight excluding hydrogens is 250 g/mol. The van der Waals surface area contributed by atoms with Crippen LogP contribution in [0.15, 0.2) is 30.3 Å². The molecule has 2 N–H and O–H groups in total. The minimum Gasteiger partial charge on any atom is -0.336 e. The van der Waals surface area contributed by atoms with Crippen LogP contribution in [0, 0.1) is 0 Å². The Morgan fingerprint density at radius 3 is 2.55 bits per heavy atom. The average Bonchev–Trinajstić information content (AvgIpc) is 2.36. The minimum atomic E-state index is -0.189. The topological polar surface area (TPSA) is 54.0 Å². The largest absolute Gasteiger partial charge is 0.336 e. The standard InChI is InChI=1S/C16H21N3O.2H2/c1-10(2)14-7-5-12-9-13(6-8-15(12)19-14)18-16(20)17-11(3)4;;/h5-11H,1-4H3,(H2,17,18,20);2*1H. The molecule has 0 aliphatic carbocycles. The van der Waals surface area contributed by atoms with Gasteiger partial charge < -0.3 is 10.6 Å². The highest BCUT2D eigenvalue weighted by molar-refractivity contribution is 5.92. The van der Waals surface area contributed by atoms with Crippen molar-refractivity contribution in [3.05, 3.63) is 36.0 Å². The summed E-state index contributed by atoms with van der Waals surface area (Å²) in [7, 11) is 0. The molecule has 0 fully saturated rings. The molecule has 0 radical (unpaired) electrons. The smallest absolute Gasteiger partial charge is 0.319 e. The predicted molar refractivity (Wildman–Crippen MR) is 87.4 cm³/mol. The van der Waals surface area contributed by atoms with Gasteiger partial charge in [-0.05, 0) is 44.0 Å². The number of urea groups is 1. The summed E-state index contributed by atoms with van der Waals surface area (Å²) in [4.78, 5) is 16.3. The number of fused-ring (bicyclic) bond motifs is 1. The van der Waals surface area contributed by atoms with Crippen molar-refractivity contribution < 1.29 is 7.65 Å². The number of nitrogens with zero attached hydrogens (tertiary/aromatic N) is 1. The molecule has 2 aromatic rings. The van der Waals surface area contributed by atoms with Crippen LogP contribution in [0.2, 0.25) is 0 Å². The van der Waals surface area contributed by atoms with Gasteiger partial charge in [0, 0.05) is 25.7 Å². The molecular formula is C16H25N3O. The van der Waals surface area contributed by atoms with E-state index in [4.69, 9.17) is 0 Å². The van der Waals surface area contributed by atoms with Crippen molar-refractivity contribution in [2.45, 2.75) is 39.7 Å². The summed E-state index contributed by atoms with van der Waals surface area (Å²) >= 11 is 0. The molecule has 0 atom stereocenters. The molecule has 1 aromatic heterocycles. The third-order valence-electron chi connectivity index (χ3n) is 2.98. The van der Waals surface area contributed by atoms with Crippen LogP contribution in [0.1, 0.15) is 42.2 Å². The van der Waals surface area contributed by atoms with Crippen molar-refractivity contribution in [2.75, 3.05) is 5.32 Å². The molecule has 2 amide bonds. The van der Waals surface area contributed by atoms with Crippen molar-refractivity contribution in [1.82, 2.24) is 10.3 Å². The lowest BCUT2D eigenvalue weighted by molar-refractivity contribution is 0.250. The van der Waals surface area contributed by atoms with Crippen LogP contribution in [0.5, 0.6) is 0 Å². The first-order chi connectivity index (χ1) is 9.45. The SMILES string of the molecule is CC(C)NC(=O)Nc1ccc2nc(C(C)C)ccc2c1.[HH].[HH]. The predicted octanol–water partition coefficient (Wildman–Crippen LogP) is 4.38. The Kier molecular flexibility index (Phi) is 4.23. The van der Waals surface area contributed by atoms with E-state index in [9.17, 15) is 4.79 Å². The van der Waals surface area contributed by atoms with E-state index in [1.165, 1.54) is 0 Å².